The lowest BCUT2D eigenvalue weighted by molar-refractivity contribution is -0.141. The summed E-state index contributed by atoms with van der Waals surface area (Å²) < 4.78 is 134. The zero-order valence-electron chi connectivity index (χ0n) is 20.8. The lowest BCUT2D eigenvalue weighted by Gasteiger charge is -2.27. The van der Waals surface area contributed by atoms with Crippen LogP contribution in [0.1, 0.15) is 30.2 Å². The number of benzene rings is 1. The fourth-order valence-corrected chi connectivity index (χ4v) is 6.17. The van der Waals surface area contributed by atoms with E-state index in [4.69, 9.17) is 0 Å². The summed E-state index contributed by atoms with van der Waals surface area (Å²) in [5.41, 5.74) is -3.24. The van der Waals surface area contributed by atoms with Crippen molar-refractivity contribution >= 4 is 15.9 Å². The lowest BCUT2D eigenvalue weighted by Crippen LogP contribution is -2.48. The second kappa shape index (κ2) is 11.0. The predicted octanol–water partition coefficient (Wildman–Crippen LogP) is 5.13. The molecule has 7 nitrogen and oxygen atoms in total. The van der Waals surface area contributed by atoms with Crippen LogP contribution in [0.3, 0.4) is 0 Å². The van der Waals surface area contributed by atoms with Crippen molar-refractivity contribution in [2.75, 3.05) is 0 Å². The summed E-state index contributed by atoms with van der Waals surface area (Å²) in [6, 6.07) is 3.13. The highest BCUT2D eigenvalue weighted by molar-refractivity contribution is 7.89. The van der Waals surface area contributed by atoms with Gasteiger partial charge < -0.3 is 5.32 Å². The topological polar surface area (TPSA) is 92.3 Å². The van der Waals surface area contributed by atoms with Crippen LogP contribution in [0, 0.1) is 5.82 Å². The first-order valence-corrected chi connectivity index (χ1v) is 13.2. The largest absolute Gasteiger partial charge is 0.433 e. The minimum absolute atomic E-state index is 0.0410. The quantitative estimate of drug-likeness (QED) is 0.392. The van der Waals surface area contributed by atoms with Gasteiger partial charge in [0.1, 0.15) is 23.7 Å². The van der Waals surface area contributed by atoms with E-state index in [0.717, 1.165) is 42.6 Å². The van der Waals surface area contributed by atoms with Crippen molar-refractivity contribution < 1.29 is 48.3 Å². The Hall–Kier alpha value is -3.66. The molecule has 3 atom stereocenters. The van der Waals surface area contributed by atoms with Crippen molar-refractivity contribution in [3.8, 4) is 11.3 Å². The van der Waals surface area contributed by atoms with E-state index in [1.165, 1.54) is 6.92 Å². The SMILES string of the molecule is CC1C(F)CC(C(=O)NCc2cc(-c3ccc(C(F)(F)F)nc3)ncc2C(F)(F)F)N1S(=O)(=O)c1ccc(F)cc1. The summed E-state index contributed by atoms with van der Waals surface area (Å²) in [6.45, 7) is 0.414. The molecule has 0 spiro atoms. The van der Waals surface area contributed by atoms with Gasteiger partial charge in [-0.2, -0.15) is 30.6 Å². The zero-order chi connectivity index (χ0) is 30.3. The number of carbonyl (C=O) groups is 1. The lowest BCUT2D eigenvalue weighted by atomic mass is 10.1. The number of hydrogen-bond acceptors (Lipinski definition) is 5. The number of sulfonamides is 1. The molecule has 3 heterocycles. The molecule has 1 N–H and O–H groups in total. The Balaban J connectivity index is 1.61. The molecule has 1 amide bonds. The monoisotopic (exact) mass is 608 g/mol. The third-order valence-electron chi connectivity index (χ3n) is 6.47. The van der Waals surface area contributed by atoms with Gasteiger partial charge >= 0.3 is 12.4 Å². The van der Waals surface area contributed by atoms with Gasteiger partial charge in [0.15, 0.2) is 0 Å². The van der Waals surface area contributed by atoms with Crippen LogP contribution in [0.25, 0.3) is 11.3 Å². The normalized spacial score (nSPS) is 20.3. The summed E-state index contributed by atoms with van der Waals surface area (Å²) in [5, 5.41) is 2.20. The Morgan fingerprint density at radius 2 is 1.66 bits per heavy atom. The van der Waals surface area contributed by atoms with Crippen molar-refractivity contribution in [2.45, 2.75) is 55.4 Å². The van der Waals surface area contributed by atoms with Crippen molar-refractivity contribution in [1.82, 2.24) is 19.6 Å². The van der Waals surface area contributed by atoms with E-state index < -0.39 is 87.0 Å². The zero-order valence-corrected chi connectivity index (χ0v) is 21.7. The van der Waals surface area contributed by atoms with Gasteiger partial charge in [-0.1, -0.05) is 0 Å². The first kappa shape index (κ1) is 30.3. The van der Waals surface area contributed by atoms with Crippen LogP contribution in [-0.4, -0.2) is 46.9 Å². The molecular formula is C25H20F8N4O3S. The second-order valence-electron chi connectivity index (χ2n) is 9.17. The Labute approximate surface area is 228 Å². The number of nitrogens with zero attached hydrogens (tertiary/aromatic N) is 3. The average Bonchev–Trinajstić information content (AvgIpc) is 3.21. The summed E-state index contributed by atoms with van der Waals surface area (Å²) in [5.74, 6) is -1.83. The molecule has 4 rings (SSSR count). The number of amides is 1. The van der Waals surface area contributed by atoms with E-state index in [2.05, 4.69) is 15.3 Å². The third kappa shape index (κ3) is 6.32. The van der Waals surface area contributed by atoms with E-state index >= 15 is 0 Å². The van der Waals surface area contributed by atoms with Crippen molar-refractivity contribution in [3.05, 3.63) is 77.5 Å². The number of pyridine rings is 2. The number of nitrogens with one attached hydrogen (secondary N) is 1. The fourth-order valence-electron chi connectivity index (χ4n) is 4.36. The fraction of sp³-hybridized carbons (Fsp3) is 0.320. The minimum Gasteiger partial charge on any atom is -0.351 e. The second-order valence-corrected chi connectivity index (χ2v) is 11.0. The highest BCUT2D eigenvalue weighted by Crippen LogP contribution is 2.35. The van der Waals surface area contributed by atoms with Gasteiger partial charge in [0.25, 0.3) is 0 Å². The van der Waals surface area contributed by atoms with Crippen LogP contribution in [0.4, 0.5) is 35.1 Å². The van der Waals surface area contributed by atoms with Crippen LogP contribution in [-0.2, 0) is 33.7 Å². The molecule has 0 radical (unpaired) electrons. The Morgan fingerprint density at radius 3 is 2.22 bits per heavy atom. The van der Waals surface area contributed by atoms with Crippen LogP contribution in [0.5, 0.6) is 0 Å². The molecule has 3 unspecified atom stereocenters. The molecule has 1 aromatic carbocycles. The minimum atomic E-state index is -4.94. The number of aromatic nitrogens is 2. The third-order valence-corrected chi connectivity index (χ3v) is 8.48. The molecule has 1 aliphatic heterocycles. The van der Waals surface area contributed by atoms with Crippen LogP contribution in [0.2, 0.25) is 0 Å². The Kier molecular flexibility index (Phi) is 8.10. The summed E-state index contributed by atoms with van der Waals surface area (Å²) >= 11 is 0. The summed E-state index contributed by atoms with van der Waals surface area (Å²) in [7, 11) is -4.51. The highest BCUT2D eigenvalue weighted by Gasteiger charge is 2.49. The molecule has 41 heavy (non-hydrogen) atoms. The maximum atomic E-state index is 14.6. The number of carbonyl (C=O) groups excluding carboxylic acids is 1. The molecule has 16 heteroatoms. The van der Waals surface area contributed by atoms with E-state index in [-0.39, 0.29) is 11.3 Å². The van der Waals surface area contributed by atoms with Crippen LogP contribution >= 0.6 is 0 Å². The maximum Gasteiger partial charge on any atom is 0.433 e. The summed E-state index contributed by atoms with van der Waals surface area (Å²) in [4.78, 5) is 19.5. The van der Waals surface area contributed by atoms with Crippen LogP contribution < -0.4 is 5.32 Å². The Morgan fingerprint density at radius 1 is 1.00 bits per heavy atom. The van der Waals surface area contributed by atoms with Gasteiger partial charge in [0, 0.05) is 30.9 Å². The molecule has 3 aromatic rings. The number of hydrogen-bond donors (Lipinski definition) is 1. The molecule has 0 saturated carbocycles. The van der Waals surface area contributed by atoms with Gasteiger partial charge in [0.2, 0.25) is 15.9 Å². The van der Waals surface area contributed by atoms with Gasteiger partial charge in [0.05, 0.1) is 22.2 Å². The average molecular weight is 609 g/mol. The number of rotatable bonds is 6. The van der Waals surface area contributed by atoms with Crippen molar-refractivity contribution in [2.24, 2.45) is 0 Å². The molecular weight excluding hydrogens is 588 g/mol. The molecule has 0 aliphatic carbocycles. The van der Waals surface area contributed by atoms with E-state index in [1.807, 2.05) is 0 Å². The predicted molar refractivity (Wildman–Crippen MR) is 128 cm³/mol. The van der Waals surface area contributed by atoms with E-state index in [1.54, 1.807) is 0 Å². The molecule has 0 bridgehead atoms. The first-order chi connectivity index (χ1) is 19.0. The molecule has 1 saturated heterocycles. The van der Waals surface area contributed by atoms with Crippen molar-refractivity contribution in [1.29, 1.82) is 0 Å². The molecule has 220 valence electrons. The standard InChI is InChI=1S/C25H20F8N4O3S/c1-13-19(27)9-21(37(13)41(39,40)17-5-3-16(26)4-6-17)23(38)36-11-15-8-20(34-12-18(15)24(28,29)30)14-2-7-22(35-10-14)25(31,32)33/h2-8,10,12-13,19,21H,9,11H2,1H3,(H,36,38). The summed E-state index contributed by atoms with van der Waals surface area (Å²) in [6.07, 6.45) is -10.8. The maximum absolute atomic E-state index is 14.6. The van der Waals surface area contributed by atoms with Gasteiger partial charge in [-0.25, -0.2) is 17.2 Å². The van der Waals surface area contributed by atoms with Crippen LogP contribution in [0.15, 0.2) is 59.8 Å². The molecule has 2 aromatic heterocycles. The number of halogens is 8. The molecule has 1 fully saturated rings. The first-order valence-electron chi connectivity index (χ1n) is 11.8. The Bertz CT molecular complexity index is 1530. The van der Waals surface area contributed by atoms with E-state index in [0.29, 0.717) is 16.6 Å². The van der Waals surface area contributed by atoms with Gasteiger partial charge in [-0.15, -0.1) is 0 Å². The molecule has 1 aliphatic rings. The van der Waals surface area contributed by atoms with Gasteiger partial charge in [-0.3, -0.25) is 14.8 Å². The van der Waals surface area contributed by atoms with Gasteiger partial charge in [-0.05, 0) is 55.0 Å². The van der Waals surface area contributed by atoms with E-state index in [9.17, 15) is 48.3 Å². The number of alkyl halides is 7. The smallest absolute Gasteiger partial charge is 0.351 e. The highest BCUT2D eigenvalue weighted by atomic mass is 32.2. The van der Waals surface area contributed by atoms with Crippen molar-refractivity contribution in [3.63, 3.8) is 0 Å².